The highest BCUT2D eigenvalue weighted by Crippen LogP contribution is 2.24. The highest BCUT2D eigenvalue weighted by molar-refractivity contribution is 4.90. The fraction of sp³-hybridized carbons (Fsp3) is 0.778. The SMILES string of the molecule is NNCC=CC1CCCCC1. The zero-order valence-corrected chi connectivity index (χ0v) is 7.05. The van der Waals surface area contributed by atoms with Crippen molar-refractivity contribution in [2.75, 3.05) is 6.54 Å². The highest BCUT2D eigenvalue weighted by atomic mass is 15.2. The Balaban J connectivity index is 2.13. The Hall–Kier alpha value is -0.340. The molecule has 0 unspecified atom stereocenters. The van der Waals surface area contributed by atoms with Crippen molar-refractivity contribution in [1.29, 1.82) is 0 Å². The van der Waals surface area contributed by atoms with Crippen LogP contribution in [0.5, 0.6) is 0 Å². The van der Waals surface area contributed by atoms with E-state index in [9.17, 15) is 0 Å². The molecule has 1 saturated carbocycles. The van der Waals surface area contributed by atoms with Gasteiger partial charge in [0.25, 0.3) is 0 Å². The minimum Gasteiger partial charge on any atom is -0.271 e. The van der Waals surface area contributed by atoms with Gasteiger partial charge in [0.2, 0.25) is 0 Å². The molecular formula is C9H18N2. The molecule has 0 radical (unpaired) electrons. The van der Waals surface area contributed by atoms with Crippen LogP contribution < -0.4 is 11.3 Å². The van der Waals surface area contributed by atoms with Crippen LogP contribution in [0.25, 0.3) is 0 Å². The summed E-state index contributed by atoms with van der Waals surface area (Å²) in [5, 5.41) is 0. The molecule has 3 N–H and O–H groups in total. The summed E-state index contributed by atoms with van der Waals surface area (Å²) < 4.78 is 0. The summed E-state index contributed by atoms with van der Waals surface area (Å²) in [5.74, 6) is 5.97. The van der Waals surface area contributed by atoms with Gasteiger partial charge in [-0.05, 0) is 18.8 Å². The summed E-state index contributed by atoms with van der Waals surface area (Å²) in [5.41, 5.74) is 2.62. The normalized spacial score (nSPS) is 21.2. The van der Waals surface area contributed by atoms with E-state index in [1.165, 1.54) is 32.1 Å². The van der Waals surface area contributed by atoms with Gasteiger partial charge in [-0.15, -0.1) is 0 Å². The Labute approximate surface area is 68.8 Å². The Morgan fingerprint density at radius 2 is 2.00 bits per heavy atom. The molecule has 0 saturated heterocycles. The number of rotatable bonds is 3. The number of hydrogen-bond acceptors (Lipinski definition) is 2. The largest absolute Gasteiger partial charge is 0.271 e. The minimum atomic E-state index is 0.802. The molecule has 1 fully saturated rings. The molecule has 2 heteroatoms. The summed E-state index contributed by atoms with van der Waals surface area (Å²) >= 11 is 0. The molecule has 0 spiro atoms. The Morgan fingerprint density at radius 3 is 2.64 bits per heavy atom. The summed E-state index contributed by atoms with van der Waals surface area (Å²) in [6.07, 6.45) is 11.4. The molecule has 0 heterocycles. The first-order chi connectivity index (χ1) is 5.43. The Bertz CT molecular complexity index is 115. The van der Waals surface area contributed by atoms with Crippen LogP contribution in [0.3, 0.4) is 0 Å². The first-order valence-corrected chi connectivity index (χ1v) is 4.53. The third-order valence-corrected chi connectivity index (χ3v) is 2.29. The molecule has 1 aliphatic carbocycles. The first-order valence-electron chi connectivity index (χ1n) is 4.53. The molecular weight excluding hydrogens is 136 g/mol. The molecule has 0 aromatic rings. The van der Waals surface area contributed by atoms with E-state index >= 15 is 0 Å². The van der Waals surface area contributed by atoms with Gasteiger partial charge in [-0.25, -0.2) is 0 Å². The first kappa shape index (κ1) is 8.75. The van der Waals surface area contributed by atoms with Gasteiger partial charge in [-0.3, -0.25) is 11.3 Å². The van der Waals surface area contributed by atoms with Crippen molar-refractivity contribution in [3.63, 3.8) is 0 Å². The van der Waals surface area contributed by atoms with Crippen LogP contribution >= 0.6 is 0 Å². The average molecular weight is 154 g/mol. The monoisotopic (exact) mass is 154 g/mol. The zero-order chi connectivity index (χ0) is 7.94. The second kappa shape index (κ2) is 5.33. The van der Waals surface area contributed by atoms with Crippen molar-refractivity contribution in [1.82, 2.24) is 5.43 Å². The van der Waals surface area contributed by atoms with Crippen LogP contribution in [0.4, 0.5) is 0 Å². The number of hydrogen-bond donors (Lipinski definition) is 2. The van der Waals surface area contributed by atoms with Gasteiger partial charge < -0.3 is 0 Å². The summed E-state index contributed by atoms with van der Waals surface area (Å²) in [6.45, 7) is 0.802. The fourth-order valence-corrected chi connectivity index (χ4v) is 1.66. The van der Waals surface area contributed by atoms with Gasteiger partial charge in [0.1, 0.15) is 0 Å². The molecule has 0 amide bonds. The van der Waals surface area contributed by atoms with Crippen molar-refractivity contribution >= 4 is 0 Å². The van der Waals surface area contributed by atoms with E-state index in [0.29, 0.717) is 0 Å². The van der Waals surface area contributed by atoms with E-state index in [4.69, 9.17) is 5.84 Å². The van der Waals surface area contributed by atoms with Gasteiger partial charge in [0, 0.05) is 6.54 Å². The lowest BCUT2D eigenvalue weighted by Crippen LogP contribution is -2.21. The molecule has 0 aliphatic heterocycles. The lowest BCUT2D eigenvalue weighted by atomic mass is 9.89. The third kappa shape index (κ3) is 3.54. The van der Waals surface area contributed by atoms with E-state index in [1.54, 1.807) is 0 Å². The molecule has 1 aliphatic rings. The number of hydrazine groups is 1. The van der Waals surface area contributed by atoms with Crippen LogP contribution in [0.15, 0.2) is 12.2 Å². The topological polar surface area (TPSA) is 38.0 Å². The highest BCUT2D eigenvalue weighted by Gasteiger charge is 2.08. The second-order valence-corrected chi connectivity index (χ2v) is 3.23. The second-order valence-electron chi connectivity index (χ2n) is 3.23. The summed E-state index contributed by atoms with van der Waals surface area (Å²) in [4.78, 5) is 0. The lowest BCUT2D eigenvalue weighted by molar-refractivity contribution is 0.419. The van der Waals surface area contributed by atoms with Crippen molar-refractivity contribution < 1.29 is 0 Å². The predicted molar refractivity (Wildman–Crippen MR) is 47.9 cm³/mol. The number of nitrogens with one attached hydrogen (secondary N) is 1. The van der Waals surface area contributed by atoms with E-state index in [2.05, 4.69) is 17.6 Å². The maximum Gasteiger partial charge on any atom is 0.0278 e. The average Bonchev–Trinajstić information content (AvgIpc) is 2.07. The van der Waals surface area contributed by atoms with E-state index in [1.807, 2.05) is 0 Å². The van der Waals surface area contributed by atoms with E-state index in [-0.39, 0.29) is 0 Å². The van der Waals surface area contributed by atoms with Crippen LogP contribution in [0.2, 0.25) is 0 Å². The summed E-state index contributed by atoms with van der Waals surface area (Å²) in [6, 6.07) is 0. The van der Waals surface area contributed by atoms with Crippen molar-refractivity contribution in [3.8, 4) is 0 Å². The van der Waals surface area contributed by atoms with Crippen molar-refractivity contribution in [2.45, 2.75) is 32.1 Å². The molecule has 0 aromatic carbocycles. The Kier molecular flexibility index (Phi) is 4.24. The van der Waals surface area contributed by atoms with Gasteiger partial charge in [-0.1, -0.05) is 31.4 Å². The maximum absolute atomic E-state index is 5.14. The van der Waals surface area contributed by atoms with Crippen LogP contribution in [-0.4, -0.2) is 6.54 Å². The molecule has 11 heavy (non-hydrogen) atoms. The van der Waals surface area contributed by atoms with Crippen LogP contribution in [0, 0.1) is 5.92 Å². The van der Waals surface area contributed by atoms with Crippen molar-refractivity contribution in [2.24, 2.45) is 11.8 Å². The minimum absolute atomic E-state index is 0.802. The van der Waals surface area contributed by atoms with E-state index in [0.717, 1.165) is 12.5 Å². The predicted octanol–water partition coefficient (Wildman–Crippen LogP) is 1.59. The number of nitrogens with two attached hydrogens (primary N) is 1. The van der Waals surface area contributed by atoms with E-state index < -0.39 is 0 Å². The smallest absolute Gasteiger partial charge is 0.0278 e. The third-order valence-electron chi connectivity index (χ3n) is 2.29. The van der Waals surface area contributed by atoms with Gasteiger partial charge in [0.15, 0.2) is 0 Å². The number of allylic oxidation sites excluding steroid dienone is 1. The standard InChI is InChI=1S/C9H18N2/c10-11-8-4-7-9-5-2-1-3-6-9/h4,7,9,11H,1-3,5-6,8,10H2. The molecule has 0 atom stereocenters. The molecule has 0 aromatic heterocycles. The molecule has 0 bridgehead atoms. The molecule has 2 nitrogen and oxygen atoms in total. The zero-order valence-electron chi connectivity index (χ0n) is 7.05. The van der Waals surface area contributed by atoms with Crippen LogP contribution in [0.1, 0.15) is 32.1 Å². The quantitative estimate of drug-likeness (QED) is 0.368. The maximum atomic E-state index is 5.14. The lowest BCUT2D eigenvalue weighted by Gasteiger charge is -2.17. The Morgan fingerprint density at radius 1 is 1.27 bits per heavy atom. The fourth-order valence-electron chi connectivity index (χ4n) is 1.66. The van der Waals surface area contributed by atoms with Crippen LogP contribution in [-0.2, 0) is 0 Å². The van der Waals surface area contributed by atoms with Gasteiger partial charge in [-0.2, -0.15) is 0 Å². The molecule has 1 rings (SSSR count). The summed E-state index contributed by atoms with van der Waals surface area (Å²) in [7, 11) is 0. The van der Waals surface area contributed by atoms with Crippen molar-refractivity contribution in [3.05, 3.63) is 12.2 Å². The van der Waals surface area contributed by atoms with Gasteiger partial charge >= 0.3 is 0 Å². The van der Waals surface area contributed by atoms with Gasteiger partial charge in [0.05, 0.1) is 0 Å². The molecule has 64 valence electrons.